The highest BCUT2D eigenvalue weighted by atomic mass is 16.3. The SMILES string of the molecule is Cc1c(C#N)cccc1C(O)C(O)CCO. The van der Waals surface area contributed by atoms with Crippen molar-refractivity contribution in [2.45, 2.75) is 25.6 Å². The maximum atomic E-state index is 9.85. The van der Waals surface area contributed by atoms with E-state index in [1.165, 1.54) is 0 Å². The molecule has 4 heteroatoms. The van der Waals surface area contributed by atoms with Crippen LogP contribution in [0.5, 0.6) is 0 Å². The van der Waals surface area contributed by atoms with Crippen LogP contribution in [-0.2, 0) is 0 Å². The Morgan fingerprint density at radius 3 is 2.62 bits per heavy atom. The molecule has 0 aliphatic carbocycles. The molecule has 0 saturated heterocycles. The highest BCUT2D eigenvalue weighted by molar-refractivity contribution is 5.43. The molecule has 0 spiro atoms. The minimum atomic E-state index is -1.07. The molecule has 1 aromatic rings. The highest BCUT2D eigenvalue weighted by Crippen LogP contribution is 2.24. The predicted molar refractivity (Wildman–Crippen MR) is 58.6 cm³/mol. The van der Waals surface area contributed by atoms with Gasteiger partial charge in [-0.05, 0) is 30.5 Å². The second kappa shape index (κ2) is 5.61. The van der Waals surface area contributed by atoms with Crippen molar-refractivity contribution in [2.24, 2.45) is 0 Å². The van der Waals surface area contributed by atoms with Crippen LogP contribution in [0.1, 0.15) is 29.2 Å². The van der Waals surface area contributed by atoms with Crippen LogP contribution in [0.25, 0.3) is 0 Å². The van der Waals surface area contributed by atoms with Crippen LogP contribution in [0.3, 0.4) is 0 Å². The maximum absolute atomic E-state index is 9.85. The van der Waals surface area contributed by atoms with Gasteiger partial charge in [0.2, 0.25) is 0 Å². The minimum absolute atomic E-state index is 0.109. The van der Waals surface area contributed by atoms with Gasteiger partial charge in [-0.2, -0.15) is 5.26 Å². The van der Waals surface area contributed by atoms with Gasteiger partial charge in [0.05, 0.1) is 17.7 Å². The Balaban J connectivity index is 3.00. The van der Waals surface area contributed by atoms with Gasteiger partial charge < -0.3 is 15.3 Å². The lowest BCUT2D eigenvalue weighted by Gasteiger charge is -2.19. The fourth-order valence-corrected chi connectivity index (χ4v) is 1.59. The average Bonchev–Trinajstić information content (AvgIpc) is 2.29. The number of aliphatic hydroxyl groups excluding tert-OH is 3. The summed E-state index contributed by atoms with van der Waals surface area (Å²) in [6.07, 6.45) is -1.98. The van der Waals surface area contributed by atoms with Crippen molar-refractivity contribution in [3.8, 4) is 6.07 Å². The van der Waals surface area contributed by atoms with Crippen LogP contribution in [0.2, 0.25) is 0 Å². The van der Waals surface area contributed by atoms with E-state index >= 15 is 0 Å². The van der Waals surface area contributed by atoms with Crippen LogP contribution in [0.4, 0.5) is 0 Å². The Hall–Kier alpha value is -1.41. The fourth-order valence-electron chi connectivity index (χ4n) is 1.59. The molecule has 16 heavy (non-hydrogen) atoms. The Morgan fingerprint density at radius 1 is 1.38 bits per heavy atom. The lowest BCUT2D eigenvalue weighted by Crippen LogP contribution is -2.20. The normalized spacial score (nSPS) is 14.2. The van der Waals surface area contributed by atoms with E-state index < -0.39 is 12.2 Å². The van der Waals surface area contributed by atoms with Gasteiger partial charge in [0.1, 0.15) is 6.10 Å². The largest absolute Gasteiger partial charge is 0.396 e. The predicted octanol–water partition coefficient (Wildman–Crippen LogP) is 0.643. The molecule has 0 fully saturated rings. The molecule has 0 radical (unpaired) electrons. The number of benzene rings is 1. The van der Waals surface area contributed by atoms with Crippen LogP contribution in [0, 0.1) is 18.3 Å². The molecule has 0 aliphatic heterocycles. The second-order valence-electron chi connectivity index (χ2n) is 3.66. The molecule has 2 atom stereocenters. The van der Waals surface area contributed by atoms with Crippen LogP contribution >= 0.6 is 0 Å². The quantitative estimate of drug-likeness (QED) is 0.696. The molecule has 1 rings (SSSR count). The molecule has 86 valence electrons. The summed E-state index contributed by atoms with van der Waals surface area (Å²) < 4.78 is 0. The summed E-state index contributed by atoms with van der Waals surface area (Å²) >= 11 is 0. The lowest BCUT2D eigenvalue weighted by atomic mass is 9.95. The van der Waals surface area contributed by atoms with Gasteiger partial charge in [0, 0.05) is 6.61 Å². The average molecular weight is 221 g/mol. The summed E-state index contributed by atoms with van der Waals surface area (Å²) in [6.45, 7) is 1.54. The third-order valence-corrected chi connectivity index (χ3v) is 2.60. The second-order valence-corrected chi connectivity index (χ2v) is 3.66. The third kappa shape index (κ3) is 2.58. The Morgan fingerprint density at radius 2 is 2.06 bits per heavy atom. The highest BCUT2D eigenvalue weighted by Gasteiger charge is 2.20. The molecule has 0 saturated carbocycles. The first-order valence-electron chi connectivity index (χ1n) is 5.08. The van der Waals surface area contributed by atoms with Crippen LogP contribution in [-0.4, -0.2) is 28.0 Å². The van der Waals surface area contributed by atoms with E-state index in [1.807, 2.05) is 6.07 Å². The monoisotopic (exact) mass is 221 g/mol. The van der Waals surface area contributed by atoms with E-state index in [0.717, 1.165) is 0 Å². The summed E-state index contributed by atoms with van der Waals surface area (Å²) in [5.74, 6) is 0. The van der Waals surface area contributed by atoms with Crippen molar-refractivity contribution < 1.29 is 15.3 Å². The first-order valence-corrected chi connectivity index (χ1v) is 5.08. The maximum Gasteiger partial charge on any atom is 0.105 e. The fraction of sp³-hybridized carbons (Fsp3) is 0.417. The van der Waals surface area contributed by atoms with Gasteiger partial charge >= 0.3 is 0 Å². The molecule has 1 aromatic carbocycles. The summed E-state index contributed by atoms with van der Waals surface area (Å²) in [5, 5.41) is 36.9. The van der Waals surface area contributed by atoms with Gasteiger partial charge in [-0.3, -0.25) is 0 Å². The zero-order valence-corrected chi connectivity index (χ0v) is 9.09. The zero-order chi connectivity index (χ0) is 12.1. The van der Waals surface area contributed by atoms with E-state index in [0.29, 0.717) is 16.7 Å². The first-order chi connectivity index (χ1) is 7.61. The number of nitriles is 1. The summed E-state index contributed by atoms with van der Waals surface area (Å²) in [6, 6.07) is 7.01. The standard InChI is InChI=1S/C12H15NO3/c1-8-9(7-13)3-2-4-10(8)12(16)11(15)5-6-14/h2-4,11-12,14-16H,5-6H2,1H3. The molecule has 0 bridgehead atoms. The molecule has 0 aliphatic rings. The first kappa shape index (κ1) is 12.7. The molecule has 4 nitrogen and oxygen atoms in total. The van der Waals surface area contributed by atoms with E-state index in [-0.39, 0.29) is 13.0 Å². The molecule has 0 heterocycles. The van der Waals surface area contributed by atoms with Crippen molar-refractivity contribution in [3.63, 3.8) is 0 Å². The Bertz CT molecular complexity index is 398. The summed E-state index contributed by atoms with van der Waals surface area (Å²) in [5.41, 5.74) is 1.67. The number of hydrogen-bond donors (Lipinski definition) is 3. The van der Waals surface area contributed by atoms with Crippen LogP contribution in [0.15, 0.2) is 18.2 Å². The number of nitrogens with zero attached hydrogens (tertiary/aromatic N) is 1. The smallest absolute Gasteiger partial charge is 0.105 e. The van der Waals surface area contributed by atoms with Crippen molar-refractivity contribution in [2.75, 3.05) is 6.61 Å². The van der Waals surface area contributed by atoms with E-state index in [4.69, 9.17) is 10.4 Å². The Labute approximate surface area is 94.4 Å². The van der Waals surface area contributed by atoms with E-state index in [1.54, 1.807) is 25.1 Å². The number of hydrogen-bond acceptors (Lipinski definition) is 4. The minimum Gasteiger partial charge on any atom is -0.396 e. The van der Waals surface area contributed by atoms with Gasteiger partial charge in [-0.15, -0.1) is 0 Å². The lowest BCUT2D eigenvalue weighted by molar-refractivity contribution is 0.00387. The molecule has 2 unspecified atom stereocenters. The summed E-state index contributed by atoms with van der Waals surface area (Å²) in [7, 11) is 0. The van der Waals surface area contributed by atoms with Crippen molar-refractivity contribution in [1.29, 1.82) is 5.26 Å². The van der Waals surface area contributed by atoms with Gasteiger partial charge in [0.25, 0.3) is 0 Å². The van der Waals surface area contributed by atoms with Gasteiger partial charge in [0.15, 0.2) is 0 Å². The van der Waals surface area contributed by atoms with E-state index in [9.17, 15) is 10.2 Å². The molecular weight excluding hydrogens is 206 g/mol. The van der Waals surface area contributed by atoms with Gasteiger partial charge in [-0.1, -0.05) is 12.1 Å². The van der Waals surface area contributed by atoms with Crippen molar-refractivity contribution in [3.05, 3.63) is 34.9 Å². The molecular formula is C12H15NO3. The topological polar surface area (TPSA) is 84.5 Å². The zero-order valence-electron chi connectivity index (χ0n) is 9.09. The number of rotatable bonds is 4. The van der Waals surface area contributed by atoms with Crippen LogP contribution < -0.4 is 0 Å². The summed E-state index contributed by atoms with van der Waals surface area (Å²) in [4.78, 5) is 0. The molecule has 0 amide bonds. The Kier molecular flexibility index (Phi) is 4.44. The van der Waals surface area contributed by atoms with E-state index in [2.05, 4.69) is 0 Å². The molecule has 0 aromatic heterocycles. The van der Waals surface area contributed by atoms with Crippen molar-refractivity contribution in [1.82, 2.24) is 0 Å². The number of aliphatic hydroxyl groups is 3. The van der Waals surface area contributed by atoms with Gasteiger partial charge in [-0.25, -0.2) is 0 Å². The third-order valence-electron chi connectivity index (χ3n) is 2.60. The molecule has 3 N–H and O–H groups in total. The van der Waals surface area contributed by atoms with Crippen molar-refractivity contribution >= 4 is 0 Å².